The highest BCUT2D eigenvalue weighted by molar-refractivity contribution is 4.72. The van der Waals surface area contributed by atoms with Gasteiger partial charge in [0.15, 0.2) is 0 Å². The molecule has 0 N–H and O–H groups in total. The molecule has 0 heterocycles. The molecule has 1 saturated carbocycles. The van der Waals surface area contributed by atoms with Gasteiger partial charge in [-0.15, -0.1) is 0 Å². The molecule has 12 heavy (non-hydrogen) atoms. The average molecular weight is 176 g/mol. The quantitative estimate of drug-likeness (QED) is 0.610. The van der Waals surface area contributed by atoms with Crippen molar-refractivity contribution in [2.45, 2.75) is 51.9 Å². The molecule has 0 saturated heterocycles. The van der Waals surface area contributed by atoms with Crippen LogP contribution in [-0.4, -0.2) is 6.43 Å². The van der Waals surface area contributed by atoms with E-state index in [0.717, 1.165) is 5.92 Å². The molecule has 0 aromatic heterocycles. The maximum absolute atomic E-state index is 11.9. The lowest BCUT2D eigenvalue weighted by Crippen LogP contribution is -2.09. The lowest BCUT2D eigenvalue weighted by atomic mass is 9.89. The Balaban J connectivity index is 2.13. The normalized spacial score (nSPS) is 22.0. The van der Waals surface area contributed by atoms with Crippen molar-refractivity contribution >= 4 is 0 Å². The zero-order valence-corrected chi connectivity index (χ0v) is 7.73. The summed E-state index contributed by atoms with van der Waals surface area (Å²) < 4.78 is 23.8. The smallest absolute Gasteiger partial charge is 0.211 e. The first kappa shape index (κ1) is 9.94. The van der Waals surface area contributed by atoms with Crippen molar-refractivity contribution in [1.29, 1.82) is 0 Å². The Morgan fingerprint density at radius 1 is 1.17 bits per heavy atom. The van der Waals surface area contributed by atoms with E-state index in [9.17, 15) is 8.78 Å². The Morgan fingerprint density at radius 2 is 1.75 bits per heavy atom. The summed E-state index contributed by atoms with van der Waals surface area (Å²) in [6.45, 7) is 2.12. The van der Waals surface area contributed by atoms with Gasteiger partial charge in [0.1, 0.15) is 0 Å². The van der Waals surface area contributed by atoms with Crippen molar-refractivity contribution in [3.05, 3.63) is 0 Å². The first-order chi connectivity index (χ1) is 5.70. The molecule has 0 nitrogen and oxygen atoms in total. The third-order valence-corrected chi connectivity index (χ3v) is 3.04. The van der Waals surface area contributed by atoms with E-state index in [0.29, 0.717) is 12.3 Å². The summed E-state index contributed by atoms with van der Waals surface area (Å²) in [4.78, 5) is 0. The van der Waals surface area contributed by atoms with Gasteiger partial charge in [-0.25, -0.2) is 8.78 Å². The van der Waals surface area contributed by atoms with Gasteiger partial charge in [0.25, 0.3) is 0 Å². The maximum atomic E-state index is 11.9. The van der Waals surface area contributed by atoms with Crippen LogP contribution in [0.4, 0.5) is 8.78 Å². The molecule has 1 unspecified atom stereocenters. The van der Waals surface area contributed by atoms with Crippen LogP contribution in [0.2, 0.25) is 0 Å². The number of hydrogen-bond acceptors (Lipinski definition) is 0. The summed E-state index contributed by atoms with van der Waals surface area (Å²) in [5, 5.41) is 0. The topological polar surface area (TPSA) is 0 Å². The molecule has 1 fully saturated rings. The van der Waals surface area contributed by atoms with E-state index >= 15 is 0 Å². The highest BCUT2D eigenvalue weighted by Gasteiger charge is 2.21. The molecule has 1 rings (SSSR count). The van der Waals surface area contributed by atoms with Crippen LogP contribution in [-0.2, 0) is 0 Å². The van der Waals surface area contributed by atoms with Gasteiger partial charge in [-0.1, -0.05) is 32.6 Å². The predicted octanol–water partition coefficient (Wildman–Crippen LogP) is 3.86. The van der Waals surface area contributed by atoms with Gasteiger partial charge >= 0.3 is 0 Å². The first-order valence-corrected chi connectivity index (χ1v) is 4.98. The SMILES string of the molecule is CC(CCC(F)F)C1CCCC1. The fraction of sp³-hybridized carbons (Fsp3) is 1.00. The van der Waals surface area contributed by atoms with Gasteiger partial charge in [0, 0.05) is 6.42 Å². The molecule has 1 aliphatic rings. The van der Waals surface area contributed by atoms with E-state index < -0.39 is 6.43 Å². The molecule has 0 aliphatic heterocycles. The molecule has 0 aromatic carbocycles. The van der Waals surface area contributed by atoms with E-state index in [-0.39, 0.29) is 6.42 Å². The fourth-order valence-corrected chi connectivity index (χ4v) is 2.15. The molecule has 0 radical (unpaired) electrons. The second-order valence-electron chi connectivity index (χ2n) is 3.99. The largest absolute Gasteiger partial charge is 0.238 e. The summed E-state index contributed by atoms with van der Waals surface area (Å²) in [5.41, 5.74) is 0. The van der Waals surface area contributed by atoms with Gasteiger partial charge in [0.05, 0.1) is 0 Å². The number of halogens is 2. The van der Waals surface area contributed by atoms with Crippen molar-refractivity contribution < 1.29 is 8.78 Å². The molecular weight excluding hydrogens is 158 g/mol. The minimum atomic E-state index is -2.10. The van der Waals surface area contributed by atoms with Crippen LogP contribution in [0.3, 0.4) is 0 Å². The molecule has 0 amide bonds. The number of hydrogen-bond donors (Lipinski definition) is 0. The second-order valence-corrected chi connectivity index (χ2v) is 3.99. The monoisotopic (exact) mass is 176 g/mol. The van der Waals surface area contributed by atoms with Crippen molar-refractivity contribution in [2.24, 2.45) is 11.8 Å². The van der Waals surface area contributed by atoms with Crippen molar-refractivity contribution in [2.75, 3.05) is 0 Å². The zero-order valence-electron chi connectivity index (χ0n) is 7.73. The van der Waals surface area contributed by atoms with Crippen LogP contribution in [0.1, 0.15) is 45.4 Å². The molecule has 2 heteroatoms. The number of rotatable bonds is 4. The van der Waals surface area contributed by atoms with Crippen molar-refractivity contribution in [3.63, 3.8) is 0 Å². The molecule has 0 bridgehead atoms. The van der Waals surface area contributed by atoms with E-state index in [4.69, 9.17) is 0 Å². The van der Waals surface area contributed by atoms with Gasteiger partial charge in [-0.05, 0) is 18.3 Å². The minimum absolute atomic E-state index is 0.0949. The fourth-order valence-electron chi connectivity index (χ4n) is 2.15. The third-order valence-electron chi connectivity index (χ3n) is 3.04. The van der Waals surface area contributed by atoms with E-state index in [1.807, 2.05) is 0 Å². The Morgan fingerprint density at radius 3 is 2.25 bits per heavy atom. The van der Waals surface area contributed by atoms with Crippen molar-refractivity contribution in [3.8, 4) is 0 Å². The van der Waals surface area contributed by atoms with Gasteiger partial charge in [-0.2, -0.15) is 0 Å². The van der Waals surface area contributed by atoms with Crippen LogP contribution in [0, 0.1) is 11.8 Å². The van der Waals surface area contributed by atoms with E-state index in [1.54, 1.807) is 0 Å². The summed E-state index contributed by atoms with van der Waals surface area (Å²) >= 11 is 0. The van der Waals surface area contributed by atoms with Crippen LogP contribution in [0.5, 0.6) is 0 Å². The Kier molecular flexibility index (Phi) is 3.96. The van der Waals surface area contributed by atoms with Gasteiger partial charge in [0.2, 0.25) is 6.43 Å². The Hall–Kier alpha value is -0.140. The summed E-state index contributed by atoms with van der Waals surface area (Å²) in [5.74, 6) is 1.25. The van der Waals surface area contributed by atoms with Gasteiger partial charge < -0.3 is 0 Å². The maximum Gasteiger partial charge on any atom is 0.238 e. The summed E-state index contributed by atoms with van der Waals surface area (Å²) in [6.07, 6.45) is 3.86. The molecule has 0 aromatic rings. The first-order valence-electron chi connectivity index (χ1n) is 4.98. The minimum Gasteiger partial charge on any atom is -0.211 e. The second kappa shape index (κ2) is 4.78. The number of alkyl halides is 2. The zero-order chi connectivity index (χ0) is 8.97. The summed E-state index contributed by atoms with van der Waals surface area (Å²) in [6, 6.07) is 0. The molecular formula is C10H18F2. The lowest BCUT2D eigenvalue weighted by molar-refractivity contribution is 0.123. The standard InChI is InChI=1S/C10H18F2/c1-8(6-7-10(11)12)9-4-2-3-5-9/h8-10H,2-7H2,1H3. The molecule has 1 aliphatic carbocycles. The molecule has 72 valence electrons. The molecule has 1 atom stereocenters. The third kappa shape index (κ3) is 3.08. The van der Waals surface area contributed by atoms with E-state index in [1.165, 1.54) is 25.7 Å². The summed E-state index contributed by atoms with van der Waals surface area (Å²) in [7, 11) is 0. The van der Waals surface area contributed by atoms with E-state index in [2.05, 4.69) is 6.92 Å². The average Bonchev–Trinajstić information content (AvgIpc) is 2.51. The Bertz CT molecular complexity index is 117. The highest BCUT2D eigenvalue weighted by atomic mass is 19.3. The van der Waals surface area contributed by atoms with Crippen LogP contribution in [0.25, 0.3) is 0 Å². The Labute approximate surface area is 73.3 Å². The van der Waals surface area contributed by atoms with Crippen LogP contribution in [0.15, 0.2) is 0 Å². The van der Waals surface area contributed by atoms with Crippen LogP contribution < -0.4 is 0 Å². The van der Waals surface area contributed by atoms with Crippen LogP contribution >= 0.6 is 0 Å². The van der Waals surface area contributed by atoms with Gasteiger partial charge in [-0.3, -0.25) is 0 Å². The lowest BCUT2D eigenvalue weighted by Gasteiger charge is -2.17. The predicted molar refractivity (Wildman–Crippen MR) is 46.4 cm³/mol. The highest BCUT2D eigenvalue weighted by Crippen LogP contribution is 2.33. The molecule has 0 spiro atoms. The van der Waals surface area contributed by atoms with Crippen molar-refractivity contribution in [1.82, 2.24) is 0 Å².